The molecule has 100 valence electrons. The van der Waals surface area contributed by atoms with Crippen molar-refractivity contribution in [2.24, 2.45) is 5.92 Å². The van der Waals surface area contributed by atoms with Gasteiger partial charge in [-0.15, -0.1) is 0 Å². The normalized spacial score (nSPS) is 20.4. The van der Waals surface area contributed by atoms with Crippen LogP contribution in [0.4, 0.5) is 0 Å². The SMILES string of the molecule is CCCC(CC)C(=O)OC1CCCCCCC1. The number of ether oxygens (including phenoxy) is 1. The lowest BCUT2D eigenvalue weighted by Crippen LogP contribution is -2.24. The Balaban J connectivity index is 2.36. The number of carbonyl (C=O) groups excluding carboxylic acids is 1. The number of carbonyl (C=O) groups is 1. The molecule has 1 fully saturated rings. The highest BCUT2D eigenvalue weighted by molar-refractivity contribution is 5.72. The molecule has 1 saturated carbocycles. The van der Waals surface area contributed by atoms with Gasteiger partial charge >= 0.3 is 5.97 Å². The molecule has 1 rings (SSSR count). The van der Waals surface area contributed by atoms with Crippen molar-refractivity contribution in [1.29, 1.82) is 0 Å². The maximum atomic E-state index is 12.0. The molecule has 0 saturated heterocycles. The zero-order valence-corrected chi connectivity index (χ0v) is 11.5. The van der Waals surface area contributed by atoms with Gasteiger partial charge in [-0.05, 0) is 38.5 Å². The summed E-state index contributed by atoms with van der Waals surface area (Å²) in [6.07, 6.45) is 11.7. The summed E-state index contributed by atoms with van der Waals surface area (Å²) in [5.74, 6) is 0.186. The second-order valence-electron chi connectivity index (χ2n) is 5.30. The Hall–Kier alpha value is -0.530. The lowest BCUT2D eigenvalue weighted by atomic mass is 9.97. The van der Waals surface area contributed by atoms with Crippen molar-refractivity contribution >= 4 is 5.97 Å². The van der Waals surface area contributed by atoms with Gasteiger partial charge in [0.25, 0.3) is 0 Å². The van der Waals surface area contributed by atoms with Crippen LogP contribution in [0, 0.1) is 5.92 Å². The molecule has 0 bridgehead atoms. The highest BCUT2D eigenvalue weighted by Gasteiger charge is 2.21. The van der Waals surface area contributed by atoms with Gasteiger partial charge in [0.05, 0.1) is 5.92 Å². The van der Waals surface area contributed by atoms with E-state index in [0.29, 0.717) is 0 Å². The van der Waals surface area contributed by atoms with Crippen LogP contribution < -0.4 is 0 Å². The van der Waals surface area contributed by atoms with Gasteiger partial charge in [-0.3, -0.25) is 4.79 Å². The summed E-state index contributed by atoms with van der Waals surface area (Å²) in [7, 11) is 0. The van der Waals surface area contributed by atoms with E-state index < -0.39 is 0 Å². The Morgan fingerprint density at radius 2 is 1.71 bits per heavy atom. The Kier molecular flexibility index (Phi) is 7.30. The van der Waals surface area contributed by atoms with Crippen LogP contribution in [-0.2, 0) is 9.53 Å². The van der Waals surface area contributed by atoms with E-state index in [1.807, 2.05) is 0 Å². The van der Waals surface area contributed by atoms with E-state index in [0.717, 1.165) is 32.1 Å². The fourth-order valence-corrected chi connectivity index (χ4v) is 2.63. The minimum atomic E-state index is 0.0555. The lowest BCUT2D eigenvalue weighted by molar-refractivity contribution is -0.155. The Morgan fingerprint density at radius 3 is 2.24 bits per heavy atom. The van der Waals surface area contributed by atoms with Gasteiger partial charge in [0.2, 0.25) is 0 Å². The fraction of sp³-hybridized carbons (Fsp3) is 0.933. The van der Waals surface area contributed by atoms with Gasteiger partial charge < -0.3 is 4.74 Å². The van der Waals surface area contributed by atoms with Crippen molar-refractivity contribution in [1.82, 2.24) is 0 Å². The first-order chi connectivity index (χ1) is 8.27. The molecule has 0 amide bonds. The largest absolute Gasteiger partial charge is 0.462 e. The van der Waals surface area contributed by atoms with Crippen LogP contribution in [0.25, 0.3) is 0 Å². The predicted molar refractivity (Wildman–Crippen MR) is 70.9 cm³/mol. The van der Waals surface area contributed by atoms with Gasteiger partial charge in [-0.25, -0.2) is 0 Å². The van der Waals surface area contributed by atoms with Crippen LogP contribution in [0.15, 0.2) is 0 Å². The second kappa shape index (κ2) is 8.54. The summed E-state index contributed by atoms with van der Waals surface area (Å²) in [6.45, 7) is 4.21. The second-order valence-corrected chi connectivity index (χ2v) is 5.30. The minimum absolute atomic E-state index is 0.0555. The van der Waals surface area contributed by atoms with Gasteiger partial charge in [-0.2, -0.15) is 0 Å². The number of hydrogen-bond acceptors (Lipinski definition) is 2. The van der Waals surface area contributed by atoms with E-state index >= 15 is 0 Å². The molecule has 17 heavy (non-hydrogen) atoms. The van der Waals surface area contributed by atoms with Gasteiger partial charge in [-0.1, -0.05) is 39.5 Å². The minimum Gasteiger partial charge on any atom is -0.462 e. The Labute approximate surface area is 106 Å². The molecule has 0 aliphatic heterocycles. The lowest BCUT2D eigenvalue weighted by Gasteiger charge is -2.22. The van der Waals surface area contributed by atoms with Crippen molar-refractivity contribution in [2.75, 3.05) is 0 Å². The molecular weight excluding hydrogens is 212 g/mol. The predicted octanol–water partition coefficient (Wildman–Crippen LogP) is 4.47. The average molecular weight is 240 g/mol. The monoisotopic (exact) mass is 240 g/mol. The van der Waals surface area contributed by atoms with Gasteiger partial charge in [0, 0.05) is 0 Å². The topological polar surface area (TPSA) is 26.3 Å². The van der Waals surface area contributed by atoms with Crippen LogP contribution in [0.5, 0.6) is 0 Å². The average Bonchev–Trinajstić information content (AvgIpc) is 2.29. The maximum absolute atomic E-state index is 12.0. The van der Waals surface area contributed by atoms with Crippen LogP contribution in [-0.4, -0.2) is 12.1 Å². The molecule has 2 nitrogen and oxygen atoms in total. The summed E-state index contributed by atoms with van der Waals surface area (Å²) in [4.78, 5) is 12.0. The van der Waals surface area contributed by atoms with Crippen LogP contribution >= 0.6 is 0 Å². The summed E-state index contributed by atoms with van der Waals surface area (Å²) < 4.78 is 5.69. The van der Waals surface area contributed by atoms with E-state index in [-0.39, 0.29) is 18.0 Å². The van der Waals surface area contributed by atoms with Crippen molar-refractivity contribution in [3.05, 3.63) is 0 Å². The van der Waals surface area contributed by atoms with E-state index in [9.17, 15) is 4.79 Å². The van der Waals surface area contributed by atoms with Crippen molar-refractivity contribution < 1.29 is 9.53 Å². The van der Waals surface area contributed by atoms with Crippen LogP contribution in [0.1, 0.15) is 78.1 Å². The highest BCUT2D eigenvalue weighted by Crippen LogP contribution is 2.22. The third-order valence-electron chi connectivity index (χ3n) is 3.80. The highest BCUT2D eigenvalue weighted by atomic mass is 16.5. The first-order valence-electron chi connectivity index (χ1n) is 7.48. The molecule has 0 N–H and O–H groups in total. The number of rotatable bonds is 5. The summed E-state index contributed by atoms with van der Waals surface area (Å²) in [5.41, 5.74) is 0. The third-order valence-corrected chi connectivity index (χ3v) is 3.80. The maximum Gasteiger partial charge on any atom is 0.309 e. The molecule has 1 atom stereocenters. The molecule has 0 radical (unpaired) electrons. The fourth-order valence-electron chi connectivity index (χ4n) is 2.63. The van der Waals surface area contributed by atoms with E-state index in [1.54, 1.807) is 0 Å². The van der Waals surface area contributed by atoms with Gasteiger partial charge in [0.1, 0.15) is 6.10 Å². The molecule has 1 unspecified atom stereocenters. The molecular formula is C15H28O2. The standard InChI is InChI=1S/C15H28O2/c1-3-10-13(4-2)15(16)17-14-11-8-6-5-7-9-12-14/h13-14H,3-12H2,1-2H3. The molecule has 0 aromatic carbocycles. The zero-order chi connectivity index (χ0) is 12.5. The zero-order valence-electron chi connectivity index (χ0n) is 11.5. The summed E-state index contributed by atoms with van der Waals surface area (Å²) in [5, 5.41) is 0. The van der Waals surface area contributed by atoms with Crippen molar-refractivity contribution in [3.8, 4) is 0 Å². The van der Waals surface area contributed by atoms with Crippen LogP contribution in [0.2, 0.25) is 0 Å². The van der Waals surface area contributed by atoms with E-state index in [2.05, 4.69) is 13.8 Å². The summed E-state index contributed by atoms with van der Waals surface area (Å²) in [6, 6.07) is 0. The number of hydrogen-bond donors (Lipinski definition) is 0. The molecule has 0 aromatic heterocycles. The summed E-state index contributed by atoms with van der Waals surface area (Å²) >= 11 is 0. The van der Waals surface area contributed by atoms with Gasteiger partial charge in [0.15, 0.2) is 0 Å². The molecule has 0 spiro atoms. The molecule has 2 heteroatoms. The van der Waals surface area contributed by atoms with E-state index in [1.165, 1.54) is 32.1 Å². The number of esters is 1. The van der Waals surface area contributed by atoms with Crippen LogP contribution in [0.3, 0.4) is 0 Å². The van der Waals surface area contributed by atoms with Crippen molar-refractivity contribution in [3.63, 3.8) is 0 Å². The molecule has 1 aliphatic rings. The first-order valence-corrected chi connectivity index (χ1v) is 7.48. The van der Waals surface area contributed by atoms with E-state index in [4.69, 9.17) is 4.74 Å². The Morgan fingerprint density at radius 1 is 1.12 bits per heavy atom. The molecule has 1 aliphatic carbocycles. The Bertz CT molecular complexity index is 205. The molecule has 0 heterocycles. The quantitative estimate of drug-likeness (QED) is 0.663. The van der Waals surface area contributed by atoms with Crippen molar-refractivity contribution in [2.45, 2.75) is 84.2 Å². The molecule has 0 aromatic rings. The first kappa shape index (κ1) is 14.5. The smallest absolute Gasteiger partial charge is 0.309 e. The third kappa shape index (κ3) is 5.56.